The van der Waals surface area contributed by atoms with Crippen molar-refractivity contribution in [2.75, 3.05) is 5.32 Å². The van der Waals surface area contributed by atoms with Crippen LogP contribution < -0.4 is 5.32 Å². The van der Waals surface area contributed by atoms with Crippen LogP contribution in [0.2, 0.25) is 0 Å². The third kappa shape index (κ3) is 2.02. The first-order valence-corrected chi connectivity index (χ1v) is 3.67. The van der Waals surface area contributed by atoms with Gasteiger partial charge in [-0.1, -0.05) is 0 Å². The van der Waals surface area contributed by atoms with Gasteiger partial charge < -0.3 is 5.32 Å². The Morgan fingerprint density at radius 3 is 2.67 bits per heavy atom. The minimum atomic E-state index is -0.128. The molecule has 0 unspecified atom stereocenters. The van der Waals surface area contributed by atoms with Crippen LogP contribution in [0.15, 0.2) is 6.20 Å². The van der Waals surface area contributed by atoms with Gasteiger partial charge in [0.1, 0.15) is 0 Å². The highest BCUT2D eigenvalue weighted by atomic mass is 16.1. The van der Waals surface area contributed by atoms with Crippen molar-refractivity contribution in [3.63, 3.8) is 0 Å². The predicted octanol–water partition coefficient (Wildman–Crippen LogP) is 1.05. The molecule has 0 aliphatic carbocycles. The van der Waals surface area contributed by atoms with E-state index in [9.17, 15) is 4.79 Å². The summed E-state index contributed by atoms with van der Waals surface area (Å²) in [4.78, 5) is 18.8. The Labute approximate surface area is 71.0 Å². The maximum absolute atomic E-state index is 10.7. The zero-order valence-corrected chi connectivity index (χ0v) is 7.38. The Morgan fingerprint density at radius 2 is 2.17 bits per heavy atom. The van der Waals surface area contributed by atoms with Gasteiger partial charge in [-0.05, 0) is 13.8 Å². The first-order chi connectivity index (χ1) is 5.59. The minimum absolute atomic E-state index is 0.128. The van der Waals surface area contributed by atoms with E-state index >= 15 is 0 Å². The van der Waals surface area contributed by atoms with Crippen molar-refractivity contribution in [2.45, 2.75) is 20.8 Å². The highest BCUT2D eigenvalue weighted by Crippen LogP contribution is 2.07. The first kappa shape index (κ1) is 8.64. The van der Waals surface area contributed by atoms with Crippen molar-refractivity contribution in [3.05, 3.63) is 17.6 Å². The molecule has 4 heteroatoms. The number of hydrogen-bond donors (Lipinski definition) is 1. The Kier molecular flexibility index (Phi) is 2.38. The molecule has 0 aliphatic heterocycles. The van der Waals surface area contributed by atoms with Gasteiger partial charge in [-0.25, -0.2) is 4.98 Å². The molecule has 1 N–H and O–H groups in total. The number of anilines is 1. The Morgan fingerprint density at radius 1 is 1.50 bits per heavy atom. The number of nitrogens with one attached hydrogen (secondary N) is 1. The molecule has 0 atom stereocenters. The fourth-order valence-corrected chi connectivity index (χ4v) is 0.887. The van der Waals surface area contributed by atoms with Gasteiger partial charge >= 0.3 is 0 Å². The van der Waals surface area contributed by atoms with Crippen molar-refractivity contribution in [2.24, 2.45) is 0 Å². The summed E-state index contributed by atoms with van der Waals surface area (Å²) in [5.41, 5.74) is 1.59. The number of aryl methyl sites for hydroxylation is 2. The van der Waals surface area contributed by atoms with Crippen LogP contribution in [0.1, 0.15) is 18.3 Å². The third-order valence-corrected chi connectivity index (χ3v) is 1.36. The summed E-state index contributed by atoms with van der Waals surface area (Å²) in [7, 11) is 0. The molecule has 0 fully saturated rings. The molecule has 64 valence electrons. The molecule has 1 amide bonds. The summed E-state index contributed by atoms with van der Waals surface area (Å²) in [5.74, 6) is 0.407. The number of hydrogen-bond acceptors (Lipinski definition) is 3. The SMILES string of the molecule is CC(=O)Nc1ncc(C)nc1C. The maximum atomic E-state index is 10.7. The van der Waals surface area contributed by atoms with E-state index in [2.05, 4.69) is 15.3 Å². The number of amides is 1. The fourth-order valence-electron chi connectivity index (χ4n) is 0.887. The average molecular weight is 165 g/mol. The minimum Gasteiger partial charge on any atom is -0.309 e. The number of carbonyl (C=O) groups excluding carboxylic acids is 1. The van der Waals surface area contributed by atoms with Gasteiger partial charge in [-0.2, -0.15) is 0 Å². The zero-order chi connectivity index (χ0) is 9.14. The molecule has 0 spiro atoms. The molecule has 4 nitrogen and oxygen atoms in total. The molecule has 0 saturated heterocycles. The lowest BCUT2D eigenvalue weighted by Gasteiger charge is -2.03. The van der Waals surface area contributed by atoms with Crippen molar-refractivity contribution < 1.29 is 4.79 Å². The number of nitrogens with zero attached hydrogens (tertiary/aromatic N) is 2. The van der Waals surface area contributed by atoms with Crippen molar-refractivity contribution in [1.82, 2.24) is 9.97 Å². The average Bonchev–Trinajstić information content (AvgIpc) is 1.94. The van der Waals surface area contributed by atoms with Crippen LogP contribution in [0.4, 0.5) is 5.82 Å². The van der Waals surface area contributed by atoms with Crippen LogP contribution >= 0.6 is 0 Å². The van der Waals surface area contributed by atoms with E-state index in [4.69, 9.17) is 0 Å². The summed E-state index contributed by atoms with van der Waals surface area (Å²) in [6.45, 7) is 5.11. The van der Waals surface area contributed by atoms with E-state index in [1.54, 1.807) is 6.20 Å². The second-order valence-corrected chi connectivity index (χ2v) is 2.63. The second kappa shape index (κ2) is 3.30. The molecule has 0 radical (unpaired) electrons. The monoisotopic (exact) mass is 165 g/mol. The van der Waals surface area contributed by atoms with E-state index in [0.29, 0.717) is 5.82 Å². The molecular formula is C8H11N3O. The molecule has 1 aromatic rings. The van der Waals surface area contributed by atoms with Crippen LogP contribution in [-0.4, -0.2) is 15.9 Å². The number of rotatable bonds is 1. The van der Waals surface area contributed by atoms with E-state index in [0.717, 1.165) is 11.4 Å². The zero-order valence-electron chi connectivity index (χ0n) is 7.38. The summed E-state index contributed by atoms with van der Waals surface area (Å²) in [5, 5.41) is 2.59. The predicted molar refractivity (Wildman–Crippen MR) is 45.8 cm³/mol. The van der Waals surface area contributed by atoms with Gasteiger partial charge in [0.15, 0.2) is 5.82 Å². The van der Waals surface area contributed by atoms with Gasteiger partial charge in [0.25, 0.3) is 0 Å². The molecule has 1 rings (SSSR count). The van der Waals surface area contributed by atoms with Gasteiger partial charge in [0.05, 0.1) is 17.6 Å². The highest BCUT2D eigenvalue weighted by Gasteiger charge is 2.01. The Bertz CT molecular complexity index is 309. The van der Waals surface area contributed by atoms with E-state index in [1.807, 2.05) is 13.8 Å². The van der Waals surface area contributed by atoms with Gasteiger partial charge in [-0.15, -0.1) is 0 Å². The van der Waals surface area contributed by atoms with Crippen LogP contribution in [0.25, 0.3) is 0 Å². The molecule has 12 heavy (non-hydrogen) atoms. The summed E-state index contributed by atoms with van der Waals surface area (Å²) < 4.78 is 0. The van der Waals surface area contributed by atoms with Crippen LogP contribution in [0, 0.1) is 13.8 Å². The molecule has 0 bridgehead atoms. The third-order valence-electron chi connectivity index (χ3n) is 1.36. The highest BCUT2D eigenvalue weighted by molar-refractivity contribution is 5.87. The van der Waals surface area contributed by atoms with E-state index in [-0.39, 0.29) is 5.91 Å². The van der Waals surface area contributed by atoms with Crippen LogP contribution in [0.5, 0.6) is 0 Å². The first-order valence-electron chi connectivity index (χ1n) is 3.67. The number of carbonyl (C=O) groups is 1. The largest absolute Gasteiger partial charge is 0.309 e. The summed E-state index contributed by atoms with van der Waals surface area (Å²) in [6, 6.07) is 0. The molecule has 0 aromatic carbocycles. The smallest absolute Gasteiger partial charge is 0.222 e. The van der Waals surface area contributed by atoms with Gasteiger partial charge in [-0.3, -0.25) is 9.78 Å². The van der Waals surface area contributed by atoms with Gasteiger partial charge in [0, 0.05) is 6.92 Å². The standard InChI is InChI=1S/C8H11N3O/c1-5-4-9-8(6(2)10-5)11-7(3)12/h4H,1-3H3,(H,9,11,12). The van der Waals surface area contributed by atoms with Crippen molar-refractivity contribution in [3.8, 4) is 0 Å². The Hall–Kier alpha value is -1.45. The van der Waals surface area contributed by atoms with Crippen LogP contribution in [-0.2, 0) is 4.79 Å². The quantitative estimate of drug-likeness (QED) is 0.676. The van der Waals surface area contributed by atoms with Gasteiger partial charge in [0.2, 0.25) is 5.91 Å². The molecular weight excluding hydrogens is 154 g/mol. The molecule has 1 aromatic heterocycles. The normalized spacial score (nSPS) is 9.58. The van der Waals surface area contributed by atoms with Crippen molar-refractivity contribution in [1.29, 1.82) is 0 Å². The molecule has 0 saturated carbocycles. The van der Waals surface area contributed by atoms with Crippen LogP contribution in [0.3, 0.4) is 0 Å². The number of aromatic nitrogens is 2. The fraction of sp³-hybridized carbons (Fsp3) is 0.375. The lowest BCUT2D eigenvalue weighted by molar-refractivity contribution is -0.114. The topological polar surface area (TPSA) is 54.9 Å². The Balaban J connectivity index is 2.93. The maximum Gasteiger partial charge on any atom is 0.222 e. The summed E-state index contributed by atoms with van der Waals surface area (Å²) >= 11 is 0. The molecule has 1 heterocycles. The van der Waals surface area contributed by atoms with E-state index in [1.165, 1.54) is 6.92 Å². The lowest BCUT2D eigenvalue weighted by atomic mass is 10.4. The van der Waals surface area contributed by atoms with E-state index < -0.39 is 0 Å². The molecule has 0 aliphatic rings. The lowest BCUT2D eigenvalue weighted by Crippen LogP contribution is -2.09. The van der Waals surface area contributed by atoms with Crippen molar-refractivity contribution >= 4 is 11.7 Å². The second-order valence-electron chi connectivity index (χ2n) is 2.63. The summed E-state index contributed by atoms with van der Waals surface area (Å²) in [6.07, 6.45) is 1.62.